The van der Waals surface area contributed by atoms with Crippen LogP contribution >= 0.6 is 12.4 Å². The highest BCUT2D eigenvalue weighted by Gasteiger charge is 2.30. The molecule has 35 heavy (non-hydrogen) atoms. The molecule has 3 aromatic carbocycles. The third-order valence-electron chi connectivity index (χ3n) is 6.11. The molecule has 5 rings (SSSR count). The number of nitrogen functional groups attached to an aromatic ring is 1. The Kier molecular flexibility index (Phi) is 6.88. The van der Waals surface area contributed by atoms with E-state index in [2.05, 4.69) is 9.97 Å². The number of anilines is 2. The summed E-state index contributed by atoms with van der Waals surface area (Å²) < 4.78 is 39.1. The molecule has 1 aliphatic heterocycles. The molecule has 0 amide bonds. The third-order valence-corrected chi connectivity index (χ3v) is 8.06. The Balaban J connectivity index is 0.00000289. The Morgan fingerprint density at radius 2 is 1.51 bits per heavy atom. The fourth-order valence-corrected chi connectivity index (χ4v) is 5.93. The molecular weight excluding hydrogens is 490 g/mol. The molecule has 1 aliphatic rings. The van der Waals surface area contributed by atoms with Gasteiger partial charge in [0.25, 0.3) is 0 Å². The second kappa shape index (κ2) is 9.73. The maximum absolute atomic E-state index is 13.4. The molecule has 0 bridgehead atoms. The molecule has 1 aromatic heterocycles. The molecule has 11 heteroatoms. The number of hydrogen-bond donors (Lipinski definition) is 1. The average Bonchev–Trinajstić information content (AvgIpc) is 2.87. The fraction of sp³-hybridized carbons (Fsp3) is 0.250. The van der Waals surface area contributed by atoms with Crippen LogP contribution in [-0.4, -0.2) is 63.1 Å². The summed E-state index contributed by atoms with van der Waals surface area (Å²) in [6.45, 7) is 1.53. The number of ether oxygens (including phenoxy) is 2. The molecule has 1 fully saturated rings. The second-order valence-corrected chi connectivity index (χ2v) is 9.91. The van der Waals surface area contributed by atoms with E-state index in [-0.39, 0.29) is 12.4 Å². The number of fused-ring (bicyclic) bond motifs is 2. The Bertz CT molecular complexity index is 1490. The highest BCUT2D eigenvalue weighted by atomic mass is 35.5. The molecule has 1 saturated heterocycles. The van der Waals surface area contributed by atoms with Gasteiger partial charge in [-0.2, -0.15) is 9.29 Å². The summed E-state index contributed by atoms with van der Waals surface area (Å²) in [7, 11) is -0.526. The van der Waals surface area contributed by atoms with Crippen LogP contribution in [0.4, 0.5) is 11.8 Å². The van der Waals surface area contributed by atoms with Gasteiger partial charge in [-0.25, -0.2) is 13.4 Å². The van der Waals surface area contributed by atoms with E-state index in [1.165, 1.54) is 4.31 Å². The lowest BCUT2D eigenvalue weighted by Gasteiger charge is -2.34. The second-order valence-electron chi connectivity index (χ2n) is 8.00. The van der Waals surface area contributed by atoms with Crippen LogP contribution in [-0.2, 0) is 10.0 Å². The lowest BCUT2D eigenvalue weighted by atomic mass is 10.1. The summed E-state index contributed by atoms with van der Waals surface area (Å²) >= 11 is 0. The molecule has 0 saturated carbocycles. The van der Waals surface area contributed by atoms with Crippen molar-refractivity contribution in [2.24, 2.45) is 0 Å². The molecule has 2 N–H and O–H groups in total. The Labute approximate surface area is 209 Å². The van der Waals surface area contributed by atoms with Gasteiger partial charge < -0.3 is 20.1 Å². The molecule has 9 nitrogen and oxygen atoms in total. The van der Waals surface area contributed by atoms with Crippen molar-refractivity contribution in [1.29, 1.82) is 0 Å². The first-order valence-electron chi connectivity index (χ1n) is 10.8. The molecular formula is C24H26ClN5O4S. The number of nitrogens with zero attached hydrogens (tertiary/aromatic N) is 4. The highest BCUT2D eigenvalue weighted by molar-refractivity contribution is 7.89. The zero-order chi connectivity index (χ0) is 23.9. The summed E-state index contributed by atoms with van der Waals surface area (Å²) in [6.07, 6.45) is 0. The normalized spacial score (nSPS) is 14.6. The third kappa shape index (κ3) is 4.40. The van der Waals surface area contributed by atoms with E-state index in [9.17, 15) is 8.42 Å². The number of sulfonamides is 1. The minimum Gasteiger partial charge on any atom is -0.493 e. The van der Waals surface area contributed by atoms with Crippen LogP contribution in [0.25, 0.3) is 21.7 Å². The van der Waals surface area contributed by atoms with E-state index >= 15 is 0 Å². The van der Waals surface area contributed by atoms with Crippen molar-refractivity contribution in [3.8, 4) is 11.5 Å². The van der Waals surface area contributed by atoms with Crippen LogP contribution < -0.4 is 20.1 Å². The maximum atomic E-state index is 13.4. The minimum absolute atomic E-state index is 0. The summed E-state index contributed by atoms with van der Waals surface area (Å²) in [5, 5.41) is 2.29. The van der Waals surface area contributed by atoms with Crippen LogP contribution in [0, 0.1) is 0 Å². The van der Waals surface area contributed by atoms with E-state index in [1.807, 2.05) is 35.2 Å². The summed E-state index contributed by atoms with van der Waals surface area (Å²) in [6, 6.07) is 16.4. The molecule has 0 spiro atoms. The molecule has 4 aromatic rings. The van der Waals surface area contributed by atoms with E-state index in [0.29, 0.717) is 65.2 Å². The standard InChI is InChI=1S/C24H25N5O4S.ClH/c1-32-20-14-18-19(15-21(20)33-2)26-24(27-23(18)25)28-10-12-29(13-11-28)34(30,31)22-9-5-7-16-6-3-4-8-17(16)22;/h3-9,14-15H,10-13H2,1-2H3,(H2,25,26,27);1H. The summed E-state index contributed by atoms with van der Waals surface area (Å²) in [5.74, 6) is 1.88. The van der Waals surface area contributed by atoms with Gasteiger partial charge in [0, 0.05) is 43.0 Å². The van der Waals surface area contributed by atoms with Gasteiger partial charge in [0.15, 0.2) is 11.5 Å². The number of benzene rings is 3. The summed E-state index contributed by atoms with van der Waals surface area (Å²) in [4.78, 5) is 11.4. The van der Waals surface area contributed by atoms with Crippen molar-refractivity contribution in [1.82, 2.24) is 14.3 Å². The van der Waals surface area contributed by atoms with Gasteiger partial charge in [-0.3, -0.25) is 0 Å². The Hall–Kier alpha value is -3.34. The van der Waals surface area contributed by atoms with Gasteiger partial charge >= 0.3 is 0 Å². The first kappa shape index (κ1) is 24.8. The van der Waals surface area contributed by atoms with Gasteiger partial charge in [-0.1, -0.05) is 36.4 Å². The van der Waals surface area contributed by atoms with Gasteiger partial charge in [-0.05, 0) is 17.5 Å². The van der Waals surface area contributed by atoms with Crippen LogP contribution in [0.5, 0.6) is 11.5 Å². The summed E-state index contributed by atoms with van der Waals surface area (Å²) in [5.41, 5.74) is 6.85. The van der Waals surface area contributed by atoms with Crippen molar-refractivity contribution in [2.45, 2.75) is 4.90 Å². The fourth-order valence-electron chi connectivity index (χ4n) is 4.30. The quantitative estimate of drug-likeness (QED) is 0.431. The molecule has 0 aliphatic carbocycles. The van der Waals surface area contributed by atoms with Crippen LogP contribution in [0.2, 0.25) is 0 Å². The van der Waals surface area contributed by atoms with Crippen molar-refractivity contribution in [2.75, 3.05) is 51.0 Å². The molecule has 0 atom stereocenters. The highest BCUT2D eigenvalue weighted by Crippen LogP contribution is 2.34. The van der Waals surface area contributed by atoms with E-state index < -0.39 is 10.0 Å². The molecule has 0 unspecified atom stereocenters. The first-order valence-corrected chi connectivity index (χ1v) is 12.3. The number of rotatable bonds is 5. The van der Waals surface area contributed by atoms with Gasteiger partial charge in [0.05, 0.1) is 24.6 Å². The zero-order valence-corrected chi connectivity index (χ0v) is 21.0. The Morgan fingerprint density at radius 3 is 2.23 bits per heavy atom. The predicted octanol–water partition coefficient (Wildman–Crippen LogP) is 3.32. The van der Waals surface area contributed by atoms with Crippen LogP contribution in [0.3, 0.4) is 0 Å². The Morgan fingerprint density at radius 1 is 0.857 bits per heavy atom. The molecule has 2 heterocycles. The van der Waals surface area contributed by atoms with E-state index in [4.69, 9.17) is 15.2 Å². The number of nitrogens with two attached hydrogens (primary N) is 1. The monoisotopic (exact) mass is 515 g/mol. The first-order chi connectivity index (χ1) is 16.4. The van der Waals surface area contributed by atoms with Gasteiger partial charge in [0.2, 0.25) is 16.0 Å². The topological polar surface area (TPSA) is 111 Å². The van der Waals surface area contributed by atoms with Crippen LogP contribution in [0.15, 0.2) is 59.5 Å². The smallest absolute Gasteiger partial charge is 0.243 e. The number of piperazine rings is 1. The number of halogens is 1. The maximum Gasteiger partial charge on any atom is 0.243 e. The van der Waals surface area contributed by atoms with Crippen molar-refractivity contribution < 1.29 is 17.9 Å². The zero-order valence-electron chi connectivity index (χ0n) is 19.3. The lowest BCUT2D eigenvalue weighted by molar-refractivity contribution is 0.356. The van der Waals surface area contributed by atoms with Crippen molar-refractivity contribution in [3.63, 3.8) is 0 Å². The van der Waals surface area contributed by atoms with Crippen LogP contribution in [0.1, 0.15) is 0 Å². The number of methoxy groups -OCH3 is 2. The minimum atomic E-state index is -3.64. The number of hydrogen-bond acceptors (Lipinski definition) is 8. The van der Waals surface area contributed by atoms with Gasteiger partial charge in [-0.15, -0.1) is 12.4 Å². The van der Waals surface area contributed by atoms with Crippen molar-refractivity contribution >= 4 is 55.9 Å². The SMILES string of the molecule is COc1cc2nc(N3CCN(S(=O)(=O)c4cccc5ccccc45)CC3)nc(N)c2cc1OC.Cl. The lowest BCUT2D eigenvalue weighted by Crippen LogP contribution is -2.49. The molecule has 0 radical (unpaired) electrons. The average molecular weight is 516 g/mol. The van der Waals surface area contributed by atoms with E-state index in [1.54, 1.807) is 38.5 Å². The van der Waals surface area contributed by atoms with E-state index in [0.717, 1.165) is 10.8 Å². The number of aromatic nitrogens is 2. The largest absolute Gasteiger partial charge is 0.493 e. The molecule has 184 valence electrons. The predicted molar refractivity (Wildman–Crippen MR) is 139 cm³/mol. The van der Waals surface area contributed by atoms with Gasteiger partial charge in [0.1, 0.15) is 5.82 Å². The van der Waals surface area contributed by atoms with Crippen molar-refractivity contribution in [3.05, 3.63) is 54.6 Å².